The van der Waals surface area contributed by atoms with E-state index in [1.807, 2.05) is 13.0 Å². The molecule has 0 aliphatic rings. The van der Waals surface area contributed by atoms with E-state index in [4.69, 9.17) is 16.3 Å². The first kappa shape index (κ1) is 22.1. The number of pyridine rings is 2. The van der Waals surface area contributed by atoms with E-state index in [1.54, 1.807) is 36.5 Å². The Labute approximate surface area is 184 Å². The van der Waals surface area contributed by atoms with Crippen LogP contribution in [-0.4, -0.2) is 26.5 Å². The van der Waals surface area contributed by atoms with Crippen molar-refractivity contribution in [1.29, 1.82) is 5.26 Å². The van der Waals surface area contributed by atoms with E-state index in [0.29, 0.717) is 16.3 Å². The highest BCUT2D eigenvalue weighted by atomic mass is 35.5. The van der Waals surface area contributed by atoms with E-state index in [9.17, 15) is 20.0 Å². The van der Waals surface area contributed by atoms with Crippen molar-refractivity contribution in [2.45, 2.75) is 33.4 Å². The molecule has 0 amide bonds. The van der Waals surface area contributed by atoms with Gasteiger partial charge in [0.05, 0.1) is 12.1 Å². The van der Waals surface area contributed by atoms with Crippen LogP contribution < -0.4 is 10.3 Å². The molecule has 0 saturated carbocycles. The Balaban J connectivity index is 2.03. The molecule has 3 aromatic rings. The number of aromatic nitrogens is 2. The fourth-order valence-corrected chi connectivity index (χ4v) is 3.34. The Bertz CT molecular complexity index is 1250. The minimum absolute atomic E-state index is 0.0423. The van der Waals surface area contributed by atoms with Gasteiger partial charge in [-0.25, -0.2) is 0 Å². The van der Waals surface area contributed by atoms with Crippen molar-refractivity contribution in [3.05, 3.63) is 85.9 Å². The zero-order valence-corrected chi connectivity index (χ0v) is 18.0. The predicted octanol–water partition coefficient (Wildman–Crippen LogP) is 3.79. The molecule has 0 radical (unpaired) electrons. The van der Waals surface area contributed by atoms with E-state index in [0.717, 1.165) is 10.1 Å². The van der Waals surface area contributed by atoms with Crippen LogP contribution in [0.1, 0.15) is 39.5 Å². The van der Waals surface area contributed by atoms with Gasteiger partial charge < -0.3 is 9.84 Å². The van der Waals surface area contributed by atoms with Crippen LogP contribution in [-0.2, 0) is 6.54 Å². The van der Waals surface area contributed by atoms with Gasteiger partial charge in [0, 0.05) is 17.4 Å². The number of hydrogen-bond donors (Lipinski definition) is 1. The number of ketones is 1. The van der Waals surface area contributed by atoms with Crippen molar-refractivity contribution in [2.75, 3.05) is 0 Å². The van der Waals surface area contributed by atoms with Crippen molar-refractivity contribution in [3.63, 3.8) is 0 Å². The number of ether oxygens (including phenoxy) is 1. The Morgan fingerprint density at radius 2 is 2.10 bits per heavy atom. The minimum atomic E-state index is -0.985. The van der Waals surface area contributed by atoms with Gasteiger partial charge in [-0.2, -0.15) is 5.26 Å². The highest BCUT2D eigenvalue weighted by molar-refractivity contribution is 6.31. The molecule has 0 bridgehead atoms. The normalized spacial score (nSPS) is 11.6. The summed E-state index contributed by atoms with van der Waals surface area (Å²) in [5, 5.41) is 20.9. The van der Waals surface area contributed by atoms with E-state index in [2.05, 4.69) is 4.98 Å². The number of nitriles is 1. The monoisotopic (exact) mass is 437 g/mol. The first-order valence-corrected chi connectivity index (χ1v) is 9.84. The van der Waals surface area contributed by atoms with Crippen LogP contribution in [0.5, 0.6) is 11.6 Å². The Kier molecular flexibility index (Phi) is 6.42. The number of aryl methyl sites for hydroxylation is 1. The Hall–Kier alpha value is -3.63. The molecular formula is C23H20ClN3O4. The molecule has 3 rings (SSSR count). The van der Waals surface area contributed by atoms with Crippen LogP contribution in [0.2, 0.25) is 5.02 Å². The molecule has 0 aliphatic carbocycles. The highest BCUT2D eigenvalue weighted by Crippen LogP contribution is 2.27. The van der Waals surface area contributed by atoms with E-state index < -0.39 is 23.3 Å². The molecule has 8 heteroatoms. The smallest absolute Gasteiger partial charge is 0.271 e. The van der Waals surface area contributed by atoms with Gasteiger partial charge in [0.1, 0.15) is 17.4 Å². The lowest BCUT2D eigenvalue weighted by atomic mass is 9.99. The molecule has 1 atom stereocenters. The van der Waals surface area contributed by atoms with Gasteiger partial charge in [-0.1, -0.05) is 17.7 Å². The maximum Gasteiger partial charge on any atom is 0.271 e. The summed E-state index contributed by atoms with van der Waals surface area (Å²) < 4.78 is 6.73. The van der Waals surface area contributed by atoms with Gasteiger partial charge >= 0.3 is 0 Å². The molecule has 158 valence electrons. The van der Waals surface area contributed by atoms with Crippen molar-refractivity contribution in [1.82, 2.24) is 9.55 Å². The Morgan fingerprint density at radius 1 is 1.35 bits per heavy atom. The van der Waals surface area contributed by atoms with Gasteiger partial charge in [-0.05, 0) is 61.7 Å². The fraction of sp³-hybridized carbons (Fsp3) is 0.217. The lowest BCUT2D eigenvalue weighted by Crippen LogP contribution is -2.31. The molecule has 1 N–H and O–H groups in total. The maximum absolute atomic E-state index is 13.2. The number of benzene rings is 1. The third kappa shape index (κ3) is 4.44. The average molecular weight is 438 g/mol. The van der Waals surface area contributed by atoms with Crippen LogP contribution in [0.25, 0.3) is 0 Å². The fourth-order valence-electron chi connectivity index (χ4n) is 3.22. The van der Waals surface area contributed by atoms with Crippen LogP contribution in [0, 0.1) is 25.2 Å². The largest absolute Gasteiger partial charge is 0.494 e. The van der Waals surface area contributed by atoms with Gasteiger partial charge in [0.15, 0.2) is 6.10 Å². The second-order valence-corrected chi connectivity index (χ2v) is 7.51. The minimum Gasteiger partial charge on any atom is -0.494 e. The SMILES string of the molecule is Cc1cc(OC(C)C(=O)c2c(C)c(C#N)c(=O)n(Cc3cccnc3)c2O)ccc1Cl. The van der Waals surface area contributed by atoms with Crippen LogP contribution in [0.4, 0.5) is 0 Å². The van der Waals surface area contributed by atoms with Crippen LogP contribution in [0.3, 0.4) is 0 Å². The number of carbonyl (C=O) groups excluding carboxylic acids is 1. The number of aromatic hydroxyl groups is 1. The zero-order chi connectivity index (χ0) is 22.7. The van der Waals surface area contributed by atoms with Crippen LogP contribution in [0.15, 0.2) is 47.5 Å². The third-order valence-corrected chi connectivity index (χ3v) is 5.35. The average Bonchev–Trinajstić information content (AvgIpc) is 2.75. The lowest BCUT2D eigenvalue weighted by Gasteiger charge is -2.19. The topological polar surface area (TPSA) is 105 Å². The highest BCUT2D eigenvalue weighted by Gasteiger charge is 2.28. The predicted molar refractivity (Wildman–Crippen MR) is 116 cm³/mol. The lowest BCUT2D eigenvalue weighted by molar-refractivity contribution is 0.0812. The summed E-state index contributed by atoms with van der Waals surface area (Å²) in [6.07, 6.45) is 2.13. The quantitative estimate of drug-likeness (QED) is 0.588. The summed E-state index contributed by atoms with van der Waals surface area (Å²) in [6, 6.07) is 10.3. The molecule has 31 heavy (non-hydrogen) atoms. The van der Waals surface area contributed by atoms with Gasteiger partial charge in [0.25, 0.3) is 5.56 Å². The number of carbonyl (C=O) groups is 1. The summed E-state index contributed by atoms with van der Waals surface area (Å²) >= 11 is 6.03. The second kappa shape index (κ2) is 9.02. The molecular weight excluding hydrogens is 418 g/mol. The first-order chi connectivity index (χ1) is 14.7. The Morgan fingerprint density at radius 3 is 2.71 bits per heavy atom. The molecule has 2 heterocycles. The van der Waals surface area contributed by atoms with Crippen molar-refractivity contribution < 1.29 is 14.6 Å². The molecule has 0 aliphatic heterocycles. The standard InChI is InChI=1S/C23H20ClN3O4/c1-13-9-17(6-7-19(13)24)31-15(3)21(28)20-14(2)18(10-25)22(29)27(23(20)30)12-16-5-4-8-26-11-16/h4-9,11,15,30H,12H2,1-3H3. The zero-order valence-electron chi connectivity index (χ0n) is 17.2. The second-order valence-electron chi connectivity index (χ2n) is 7.10. The molecule has 0 fully saturated rings. The van der Waals surface area contributed by atoms with Crippen molar-refractivity contribution >= 4 is 17.4 Å². The van der Waals surface area contributed by atoms with Crippen molar-refractivity contribution in [2.24, 2.45) is 0 Å². The number of hydrogen-bond acceptors (Lipinski definition) is 6. The number of Topliss-reactive ketones (excluding diaryl/α,β-unsaturated/α-hetero) is 1. The molecule has 0 spiro atoms. The summed E-state index contributed by atoms with van der Waals surface area (Å²) in [4.78, 5) is 29.9. The summed E-state index contributed by atoms with van der Waals surface area (Å²) in [6.45, 7) is 4.76. The van der Waals surface area contributed by atoms with E-state index >= 15 is 0 Å². The summed E-state index contributed by atoms with van der Waals surface area (Å²) in [5.41, 5.74) is 0.513. The molecule has 7 nitrogen and oxygen atoms in total. The number of halogens is 1. The van der Waals surface area contributed by atoms with E-state index in [1.165, 1.54) is 20.0 Å². The van der Waals surface area contributed by atoms with Gasteiger partial charge in [-0.15, -0.1) is 0 Å². The van der Waals surface area contributed by atoms with Crippen molar-refractivity contribution in [3.8, 4) is 17.7 Å². The van der Waals surface area contributed by atoms with E-state index in [-0.39, 0.29) is 23.2 Å². The molecule has 1 unspecified atom stereocenters. The van der Waals surface area contributed by atoms with Gasteiger partial charge in [0.2, 0.25) is 11.7 Å². The number of nitrogens with zero attached hydrogens (tertiary/aromatic N) is 3. The molecule has 0 saturated heterocycles. The van der Waals surface area contributed by atoms with Gasteiger partial charge in [-0.3, -0.25) is 19.1 Å². The summed E-state index contributed by atoms with van der Waals surface area (Å²) in [7, 11) is 0. The summed E-state index contributed by atoms with van der Waals surface area (Å²) in [5.74, 6) is -0.638. The molecule has 1 aromatic carbocycles. The van der Waals surface area contributed by atoms with Crippen LogP contribution >= 0.6 is 11.6 Å². The third-order valence-electron chi connectivity index (χ3n) is 4.92. The molecule has 2 aromatic heterocycles. The maximum atomic E-state index is 13.2. The first-order valence-electron chi connectivity index (χ1n) is 9.47. The number of rotatable bonds is 6.